The predicted molar refractivity (Wildman–Crippen MR) is 95.1 cm³/mol. The summed E-state index contributed by atoms with van der Waals surface area (Å²) in [5.74, 6) is 1.52. The lowest BCUT2D eigenvalue weighted by molar-refractivity contribution is -0.121. The molecule has 0 bridgehead atoms. The van der Waals surface area contributed by atoms with Crippen molar-refractivity contribution in [2.75, 3.05) is 7.11 Å². The van der Waals surface area contributed by atoms with Crippen molar-refractivity contribution in [3.63, 3.8) is 0 Å². The number of hydrogen-bond acceptors (Lipinski definition) is 4. The van der Waals surface area contributed by atoms with Gasteiger partial charge in [-0.25, -0.2) is 0 Å². The van der Waals surface area contributed by atoms with E-state index in [1.807, 2.05) is 48.5 Å². The number of aromatic nitrogens is 1. The van der Waals surface area contributed by atoms with Crippen LogP contribution in [0.4, 0.5) is 0 Å². The monoisotopic (exact) mass is 336 g/mol. The van der Waals surface area contributed by atoms with Crippen LogP contribution in [-0.4, -0.2) is 18.0 Å². The normalized spacial score (nSPS) is 10.4. The van der Waals surface area contributed by atoms with E-state index < -0.39 is 0 Å². The minimum atomic E-state index is 0.00469. The first-order chi connectivity index (χ1) is 12.3. The minimum Gasteiger partial charge on any atom is -0.497 e. The molecule has 0 radical (unpaired) electrons. The molecule has 2 heterocycles. The van der Waals surface area contributed by atoms with E-state index in [9.17, 15) is 4.79 Å². The minimum absolute atomic E-state index is 0.00469. The van der Waals surface area contributed by atoms with Gasteiger partial charge < -0.3 is 14.5 Å². The molecule has 0 unspecified atom stereocenters. The topological polar surface area (TPSA) is 64.4 Å². The van der Waals surface area contributed by atoms with Crippen molar-refractivity contribution in [2.24, 2.45) is 0 Å². The van der Waals surface area contributed by atoms with Crippen molar-refractivity contribution in [1.82, 2.24) is 10.3 Å². The Balaban J connectivity index is 1.54. The molecule has 1 aromatic carbocycles. The molecule has 1 amide bonds. The number of methoxy groups -OCH3 is 1. The Hall–Kier alpha value is -3.08. The number of rotatable bonds is 7. The lowest BCUT2D eigenvalue weighted by Crippen LogP contribution is -2.23. The van der Waals surface area contributed by atoms with Gasteiger partial charge in [-0.3, -0.25) is 9.78 Å². The lowest BCUT2D eigenvalue weighted by Gasteiger charge is -2.09. The molecule has 0 saturated heterocycles. The Morgan fingerprint density at radius 3 is 2.72 bits per heavy atom. The number of furan rings is 1. The van der Waals surface area contributed by atoms with Gasteiger partial charge in [0.25, 0.3) is 0 Å². The maximum absolute atomic E-state index is 12.1. The molecule has 3 rings (SSSR count). The molecule has 3 aromatic rings. The van der Waals surface area contributed by atoms with Crippen molar-refractivity contribution in [3.8, 4) is 17.2 Å². The molecule has 2 aromatic heterocycles. The van der Waals surface area contributed by atoms with E-state index in [4.69, 9.17) is 9.15 Å². The fourth-order valence-electron chi connectivity index (χ4n) is 2.55. The maximum atomic E-state index is 12.1. The van der Waals surface area contributed by atoms with Crippen LogP contribution in [0.25, 0.3) is 11.5 Å². The fourth-order valence-corrected chi connectivity index (χ4v) is 2.55. The van der Waals surface area contributed by atoms with Crippen LogP contribution >= 0.6 is 0 Å². The number of carbonyl (C=O) groups is 1. The number of benzene rings is 1. The van der Waals surface area contributed by atoms with Crippen LogP contribution in [0.2, 0.25) is 0 Å². The van der Waals surface area contributed by atoms with Gasteiger partial charge in [-0.1, -0.05) is 18.2 Å². The highest BCUT2D eigenvalue weighted by atomic mass is 16.5. The van der Waals surface area contributed by atoms with Crippen molar-refractivity contribution >= 4 is 5.91 Å². The van der Waals surface area contributed by atoms with Crippen LogP contribution in [0, 0.1) is 0 Å². The van der Waals surface area contributed by atoms with E-state index in [1.54, 1.807) is 19.6 Å². The largest absolute Gasteiger partial charge is 0.497 e. The number of nitrogens with zero attached hydrogens (tertiary/aromatic N) is 1. The van der Waals surface area contributed by atoms with E-state index >= 15 is 0 Å². The van der Waals surface area contributed by atoms with Crippen LogP contribution in [-0.2, 0) is 17.8 Å². The molecule has 0 atom stereocenters. The smallest absolute Gasteiger partial charge is 0.220 e. The summed E-state index contributed by atoms with van der Waals surface area (Å²) >= 11 is 0. The van der Waals surface area contributed by atoms with Crippen molar-refractivity contribution in [1.29, 1.82) is 0 Å². The number of pyridine rings is 1. The van der Waals surface area contributed by atoms with E-state index in [2.05, 4.69) is 10.3 Å². The van der Waals surface area contributed by atoms with Gasteiger partial charge in [0.15, 0.2) is 5.76 Å². The number of hydrogen-bond donors (Lipinski definition) is 1. The summed E-state index contributed by atoms with van der Waals surface area (Å²) < 4.78 is 10.5. The second-order valence-electron chi connectivity index (χ2n) is 5.61. The summed E-state index contributed by atoms with van der Waals surface area (Å²) in [6.45, 7) is 0.422. The zero-order chi connectivity index (χ0) is 17.5. The average molecular weight is 336 g/mol. The molecular weight excluding hydrogens is 316 g/mol. The summed E-state index contributed by atoms with van der Waals surface area (Å²) in [4.78, 5) is 16.5. The second-order valence-corrected chi connectivity index (χ2v) is 5.61. The number of aryl methyl sites for hydroxylation is 1. The molecule has 0 saturated carbocycles. The molecule has 1 N–H and O–H groups in total. The number of carbonyl (C=O) groups excluding carboxylic acids is 1. The zero-order valence-electron chi connectivity index (χ0n) is 14.1. The van der Waals surface area contributed by atoms with Gasteiger partial charge in [0, 0.05) is 24.7 Å². The van der Waals surface area contributed by atoms with E-state index in [-0.39, 0.29) is 5.91 Å². The third-order valence-electron chi connectivity index (χ3n) is 3.92. The molecule has 128 valence electrons. The van der Waals surface area contributed by atoms with Crippen LogP contribution in [0.1, 0.15) is 17.5 Å². The summed E-state index contributed by atoms with van der Waals surface area (Å²) in [5.41, 5.74) is 2.78. The molecule has 5 nitrogen and oxygen atoms in total. The number of nitrogens with one attached hydrogen (secondary N) is 1. The Labute approximate surface area is 146 Å². The van der Waals surface area contributed by atoms with Crippen molar-refractivity contribution < 1.29 is 13.9 Å². The molecule has 0 fully saturated rings. The summed E-state index contributed by atoms with van der Waals surface area (Å²) in [6.07, 6.45) is 4.45. The van der Waals surface area contributed by atoms with E-state index in [0.717, 1.165) is 22.6 Å². The SMILES string of the molecule is COc1ccc(CCC(=O)NCc2cccnc2-c2ccco2)cc1. The third-order valence-corrected chi connectivity index (χ3v) is 3.92. The molecule has 0 aliphatic carbocycles. The van der Waals surface area contributed by atoms with E-state index in [0.29, 0.717) is 25.1 Å². The van der Waals surface area contributed by atoms with Crippen molar-refractivity contribution in [2.45, 2.75) is 19.4 Å². The van der Waals surface area contributed by atoms with Gasteiger partial charge in [-0.05, 0) is 42.3 Å². The molecular formula is C20H20N2O3. The van der Waals surface area contributed by atoms with Crippen LogP contribution in [0.15, 0.2) is 65.4 Å². The summed E-state index contributed by atoms with van der Waals surface area (Å²) in [6, 6.07) is 15.2. The second kappa shape index (κ2) is 8.15. The van der Waals surface area contributed by atoms with Crippen LogP contribution < -0.4 is 10.1 Å². The first-order valence-electron chi connectivity index (χ1n) is 8.13. The highest BCUT2D eigenvalue weighted by Crippen LogP contribution is 2.21. The Morgan fingerprint density at radius 2 is 2.00 bits per heavy atom. The third kappa shape index (κ3) is 4.47. The van der Waals surface area contributed by atoms with Gasteiger partial charge >= 0.3 is 0 Å². The standard InChI is InChI=1S/C20H20N2O3/c1-24-17-9-6-15(7-10-17)8-11-19(23)22-14-16-4-2-12-21-20(16)18-5-3-13-25-18/h2-7,9-10,12-13H,8,11,14H2,1H3,(H,22,23). The predicted octanol–water partition coefficient (Wildman–Crippen LogP) is 3.60. The lowest BCUT2D eigenvalue weighted by atomic mass is 10.1. The average Bonchev–Trinajstić information content (AvgIpc) is 3.20. The highest BCUT2D eigenvalue weighted by molar-refractivity contribution is 5.76. The quantitative estimate of drug-likeness (QED) is 0.716. The van der Waals surface area contributed by atoms with Gasteiger partial charge in [0.2, 0.25) is 5.91 Å². The zero-order valence-corrected chi connectivity index (χ0v) is 14.1. The maximum Gasteiger partial charge on any atom is 0.220 e. The molecule has 0 aliphatic rings. The van der Waals surface area contributed by atoms with Gasteiger partial charge in [-0.15, -0.1) is 0 Å². The van der Waals surface area contributed by atoms with Crippen molar-refractivity contribution in [3.05, 3.63) is 72.1 Å². The molecule has 0 aliphatic heterocycles. The summed E-state index contributed by atoms with van der Waals surface area (Å²) in [5, 5.41) is 2.95. The highest BCUT2D eigenvalue weighted by Gasteiger charge is 2.10. The van der Waals surface area contributed by atoms with Gasteiger partial charge in [-0.2, -0.15) is 0 Å². The Morgan fingerprint density at radius 1 is 1.16 bits per heavy atom. The number of amides is 1. The number of ether oxygens (including phenoxy) is 1. The first-order valence-corrected chi connectivity index (χ1v) is 8.13. The Bertz CT molecular complexity index is 811. The van der Waals surface area contributed by atoms with Crippen LogP contribution in [0.3, 0.4) is 0 Å². The molecule has 0 spiro atoms. The molecule has 25 heavy (non-hydrogen) atoms. The molecule has 5 heteroatoms. The fraction of sp³-hybridized carbons (Fsp3) is 0.200. The van der Waals surface area contributed by atoms with Gasteiger partial charge in [0.1, 0.15) is 11.4 Å². The first kappa shape index (κ1) is 16.8. The summed E-state index contributed by atoms with van der Waals surface area (Å²) in [7, 11) is 1.64. The van der Waals surface area contributed by atoms with Crippen LogP contribution in [0.5, 0.6) is 5.75 Å². The van der Waals surface area contributed by atoms with Gasteiger partial charge in [0.05, 0.1) is 13.4 Å². The Kier molecular flexibility index (Phi) is 5.46. The van der Waals surface area contributed by atoms with E-state index in [1.165, 1.54) is 0 Å².